The molecule has 19 heavy (non-hydrogen) atoms. The Hall–Kier alpha value is -0.0800. The van der Waals surface area contributed by atoms with Crippen LogP contribution >= 0.6 is 0 Å². The molecule has 0 bridgehead atoms. The van der Waals surface area contributed by atoms with E-state index in [1.165, 1.54) is 71.0 Å². The molecule has 0 saturated carbocycles. The van der Waals surface area contributed by atoms with E-state index in [4.69, 9.17) is 0 Å². The minimum Gasteiger partial charge on any atom is -0.312 e. The zero-order valence-corrected chi connectivity index (χ0v) is 13.8. The summed E-state index contributed by atoms with van der Waals surface area (Å²) in [6.45, 7) is 12.9. The molecule has 114 valence electrons. The van der Waals surface area contributed by atoms with Crippen molar-refractivity contribution in [3.63, 3.8) is 0 Å². The van der Waals surface area contributed by atoms with Gasteiger partial charge in [0.15, 0.2) is 0 Å². The predicted octanol–water partition coefficient (Wildman–Crippen LogP) is 4.20. The third-order valence-corrected chi connectivity index (χ3v) is 4.15. The van der Waals surface area contributed by atoms with Crippen LogP contribution in [0.4, 0.5) is 0 Å². The molecule has 1 unspecified atom stereocenters. The van der Waals surface area contributed by atoms with E-state index < -0.39 is 0 Å². The van der Waals surface area contributed by atoms with Crippen molar-refractivity contribution >= 4 is 0 Å². The van der Waals surface area contributed by atoms with Crippen molar-refractivity contribution in [3.05, 3.63) is 0 Å². The summed E-state index contributed by atoms with van der Waals surface area (Å²) in [4.78, 5) is 2.77. The summed E-state index contributed by atoms with van der Waals surface area (Å²) in [7, 11) is 0. The van der Waals surface area contributed by atoms with Crippen molar-refractivity contribution in [1.29, 1.82) is 0 Å². The van der Waals surface area contributed by atoms with Gasteiger partial charge in [-0.1, -0.05) is 26.2 Å². The van der Waals surface area contributed by atoms with Crippen molar-refractivity contribution in [3.8, 4) is 0 Å². The van der Waals surface area contributed by atoms with Crippen LogP contribution in [0.25, 0.3) is 0 Å². The van der Waals surface area contributed by atoms with Crippen molar-refractivity contribution in [2.45, 2.75) is 90.6 Å². The van der Waals surface area contributed by atoms with Gasteiger partial charge in [-0.25, -0.2) is 0 Å². The smallest absolute Gasteiger partial charge is 0.00965 e. The van der Waals surface area contributed by atoms with E-state index in [-0.39, 0.29) is 5.54 Å². The van der Waals surface area contributed by atoms with Gasteiger partial charge in [0.05, 0.1) is 0 Å². The Morgan fingerprint density at radius 1 is 1.11 bits per heavy atom. The molecule has 1 aliphatic heterocycles. The Balaban J connectivity index is 2.07. The molecule has 1 fully saturated rings. The van der Waals surface area contributed by atoms with Crippen LogP contribution in [0.15, 0.2) is 0 Å². The second-order valence-electron chi connectivity index (χ2n) is 7.21. The lowest BCUT2D eigenvalue weighted by molar-refractivity contribution is 0.137. The van der Waals surface area contributed by atoms with Crippen LogP contribution in [0.2, 0.25) is 0 Å². The third kappa shape index (κ3) is 7.94. The number of nitrogens with one attached hydrogen (secondary N) is 1. The second-order valence-corrected chi connectivity index (χ2v) is 7.21. The van der Waals surface area contributed by atoms with Crippen molar-refractivity contribution in [1.82, 2.24) is 10.2 Å². The van der Waals surface area contributed by atoms with Crippen molar-refractivity contribution in [2.24, 2.45) is 0 Å². The third-order valence-electron chi connectivity index (χ3n) is 4.15. The number of hydrogen-bond donors (Lipinski definition) is 1. The molecule has 1 N–H and O–H groups in total. The SMILES string of the molecule is CCCC1CCCCN1CCCCCNC(C)(C)C. The highest BCUT2D eigenvalue weighted by molar-refractivity contribution is 4.76. The molecule has 0 amide bonds. The molecule has 2 nitrogen and oxygen atoms in total. The van der Waals surface area contributed by atoms with Gasteiger partial charge in [0.1, 0.15) is 0 Å². The molecule has 2 heteroatoms. The summed E-state index contributed by atoms with van der Waals surface area (Å²) < 4.78 is 0. The number of unbranched alkanes of at least 4 members (excludes halogenated alkanes) is 2. The summed E-state index contributed by atoms with van der Waals surface area (Å²) >= 11 is 0. The highest BCUT2D eigenvalue weighted by Gasteiger charge is 2.20. The summed E-state index contributed by atoms with van der Waals surface area (Å²) in [5, 5.41) is 3.58. The van der Waals surface area contributed by atoms with Crippen LogP contribution in [-0.2, 0) is 0 Å². The Labute approximate surface area is 121 Å². The minimum atomic E-state index is 0.277. The fraction of sp³-hybridized carbons (Fsp3) is 1.00. The highest BCUT2D eigenvalue weighted by atomic mass is 15.2. The Kier molecular flexibility index (Phi) is 8.01. The number of likely N-dealkylation sites (tertiary alicyclic amines) is 1. The second kappa shape index (κ2) is 8.97. The van der Waals surface area contributed by atoms with Gasteiger partial charge in [-0.2, -0.15) is 0 Å². The fourth-order valence-electron chi connectivity index (χ4n) is 3.09. The maximum atomic E-state index is 3.58. The summed E-state index contributed by atoms with van der Waals surface area (Å²) in [5.74, 6) is 0. The Bertz CT molecular complexity index is 218. The van der Waals surface area contributed by atoms with Crippen LogP contribution in [0.1, 0.15) is 79.1 Å². The lowest BCUT2D eigenvalue weighted by atomic mass is 9.98. The van der Waals surface area contributed by atoms with E-state index in [0.717, 1.165) is 6.04 Å². The van der Waals surface area contributed by atoms with Gasteiger partial charge < -0.3 is 10.2 Å². The summed E-state index contributed by atoms with van der Waals surface area (Å²) in [5.41, 5.74) is 0.277. The molecular formula is C17H36N2. The standard InChI is InChI=1S/C17H36N2/c1-5-11-16-12-7-10-15-19(16)14-9-6-8-13-18-17(2,3)4/h16,18H,5-15H2,1-4H3. The first-order valence-electron chi connectivity index (χ1n) is 8.52. The Morgan fingerprint density at radius 2 is 1.89 bits per heavy atom. The van der Waals surface area contributed by atoms with Crippen molar-refractivity contribution in [2.75, 3.05) is 19.6 Å². The van der Waals surface area contributed by atoms with Crippen LogP contribution in [0, 0.1) is 0 Å². The zero-order chi connectivity index (χ0) is 14.1. The average molecular weight is 268 g/mol. The molecule has 0 aliphatic carbocycles. The maximum absolute atomic E-state index is 3.58. The molecule has 0 aromatic rings. The van der Waals surface area contributed by atoms with Crippen LogP contribution in [0.5, 0.6) is 0 Å². The maximum Gasteiger partial charge on any atom is 0.00965 e. The van der Waals surface area contributed by atoms with Crippen LogP contribution < -0.4 is 5.32 Å². The van der Waals surface area contributed by atoms with Gasteiger partial charge in [0, 0.05) is 11.6 Å². The fourth-order valence-corrected chi connectivity index (χ4v) is 3.09. The minimum absolute atomic E-state index is 0.277. The normalized spacial score (nSPS) is 21.8. The molecule has 1 saturated heterocycles. The molecule has 0 aromatic carbocycles. The largest absolute Gasteiger partial charge is 0.312 e. The van der Waals surface area contributed by atoms with Crippen molar-refractivity contribution < 1.29 is 0 Å². The topological polar surface area (TPSA) is 15.3 Å². The Morgan fingerprint density at radius 3 is 2.58 bits per heavy atom. The number of rotatable bonds is 8. The van der Waals surface area contributed by atoms with E-state index in [1.54, 1.807) is 0 Å². The van der Waals surface area contributed by atoms with Gasteiger partial charge in [-0.05, 0) is 72.5 Å². The summed E-state index contributed by atoms with van der Waals surface area (Å²) in [6, 6.07) is 0.895. The summed E-state index contributed by atoms with van der Waals surface area (Å²) in [6.07, 6.45) is 11.2. The van der Waals surface area contributed by atoms with E-state index >= 15 is 0 Å². The van der Waals surface area contributed by atoms with E-state index in [1.807, 2.05) is 0 Å². The zero-order valence-electron chi connectivity index (χ0n) is 13.8. The number of piperidine rings is 1. The molecule has 0 spiro atoms. The van der Waals surface area contributed by atoms with E-state index in [0.29, 0.717) is 0 Å². The lowest BCUT2D eigenvalue weighted by Gasteiger charge is -2.35. The number of hydrogen-bond acceptors (Lipinski definition) is 2. The van der Waals surface area contributed by atoms with E-state index in [9.17, 15) is 0 Å². The van der Waals surface area contributed by atoms with Gasteiger partial charge in [0.25, 0.3) is 0 Å². The first kappa shape index (κ1) is 17.0. The molecule has 1 aliphatic rings. The molecule has 1 heterocycles. The monoisotopic (exact) mass is 268 g/mol. The molecule has 0 radical (unpaired) electrons. The van der Waals surface area contributed by atoms with Gasteiger partial charge >= 0.3 is 0 Å². The van der Waals surface area contributed by atoms with Gasteiger partial charge in [0.2, 0.25) is 0 Å². The van der Waals surface area contributed by atoms with Crippen LogP contribution in [0.3, 0.4) is 0 Å². The first-order chi connectivity index (χ1) is 9.03. The molecular weight excluding hydrogens is 232 g/mol. The first-order valence-corrected chi connectivity index (χ1v) is 8.52. The van der Waals surface area contributed by atoms with Gasteiger partial charge in [-0.15, -0.1) is 0 Å². The highest BCUT2D eigenvalue weighted by Crippen LogP contribution is 2.21. The van der Waals surface area contributed by atoms with E-state index in [2.05, 4.69) is 37.9 Å². The van der Waals surface area contributed by atoms with Crippen LogP contribution in [-0.4, -0.2) is 36.1 Å². The molecule has 0 aromatic heterocycles. The molecule has 1 rings (SSSR count). The predicted molar refractivity (Wildman–Crippen MR) is 85.7 cm³/mol. The lowest BCUT2D eigenvalue weighted by Crippen LogP contribution is -2.40. The van der Waals surface area contributed by atoms with Gasteiger partial charge in [-0.3, -0.25) is 0 Å². The number of nitrogens with zero attached hydrogens (tertiary/aromatic N) is 1. The molecule has 1 atom stereocenters. The average Bonchev–Trinajstić information content (AvgIpc) is 2.34. The quantitative estimate of drug-likeness (QED) is 0.664.